The second-order valence-electron chi connectivity index (χ2n) is 6.13. The first-order valence-electron chi connectivity index (χ1n) is 8.60. The molecule has 0 fully saturated rings. The number of halogens is 6. The summed E-state index contributed by atoms with van der Waals surface area (Å²) in [6.45, 7) is -1.27. The molecule has 2 aromatic carbocycles. The molecule has 0 spiro atoms. The van der Waals surface area contributed by atoms with Crippen molar-refractivity contribution >= 4 is 11.9 Å². The summed E-state index contributed by atoms with van der Waals surface area (Å²) in [7, 11) is 0. The molecule has 162 valence electrons. The van der Waals surface area contributed by atoms with Gasteiger partial charge in [0.15, 0.2) is 0 Å². The molecule has 2 aromatic rings. The van der Waals surface area contributed by atoms with Gasteiger partial charge in [-0.25, -0.2) is 0 Å². The number of rotatable bonds is 7. The predicted octanol–water partition coefficient (Wildman–Crippen LogP) is 5.29. The summed E-state index contributed by atoms with van der Waals surface area (Å²) >= 11 is 0. The molecule has 0 radical (unpaired) electrons. The van der Waals surface area contributed by atoms with E-state index in [1.54, 1.807) is 0 Å². The third kappa shape index (κ3) is 6.78. The monoisotopic (exact) mass is 434 g/mol. The molecule has 0 bridgehead atoms. The lowest BCUT2D eigenvalue weighted by Gasteiger charge is -2.13. The van der Waals surface area contributed by atoms with E-state index in [9.17, 15) is 35.9 Å². The largest absolute Gasteiger partial charge is 0.461 e. The fourth-order valence-electron chi connectivity index (χ4n) is 2.51. The van der Waals surface area contributed by atoms with Crippen LogP contribution >= 0.6 is 0 Å². The highest BCUT2D eigenvalue weighted by atomic mass is 19.4. The lowest BCUT2D eigenvalue weighted by atomic mass is 10.1. The van der Waals surface area contributed by atoms with Gasteiger partial charge in [-0.1, -0.05) is 36.4 Å². The zero-order valence-corrected chi connectivity index (χ0v) is 15.3. The summed E-state index contributed by atoms with van der Waals surface area (Å²) in [4.78, 5) is 23.4. The second-order valence-corrected chi connectivity index (χ2v) is 6.13. The predicted molar refractivity (Wildman–Crippen MR) is 91.7 cm³/mol. The molecule has 0 aliphatic rings. The number of ether oxygens (including phenoxy) is 2. The average molecular weight is 434 g/mol. The van der Waals surface area contributed by atoms with Crippen LogP contribution in [-0.2, 0) is 44.6 Å². The van der Waals surface area contributed by atoms with Gasteiger partial charge in [0.1, 0.15) is 13.2 Å². The molecule has 0 unspecified atom stereocenters. The van der Waals surface area contributed by atoms with Gasteiger partial charge in [0, 0.05) is 11.1 Å². The van der Waals surface area contributed by atoms with Gasteiger partial charge in [0.25, 0.3) is 0 Å². The van der Waals surface area contributed by atoms with Crippen molar-refractivity contribution in [2.45, 2.75) is 38.4 Å². The Morgan fingerprint density at radius 1 is 0.633 bits per heavy atom. The molecule has 30 heavy (non-hydrogen) atoms. The van der Waals surface area contributed by atoms with Crippen molar-refractivity contribution in [3.63, 3.8) is 0 Å². The second kappa shape index (κ2) is 9.64. The molecule has 0 atom stereocenters. The van der Waals surface area contributed by atoms with Crippen LogP contribution < -0.4 is 0 Å². The first kappa shape index (κ1) is 23.2. The smallest absolute Gasteiger partial charge is 0.416 e. The summed E-state index contributed by atoms with van der Waals surface area (Å²) in [6.07, 6.45) is -10.2. The van der Waals surface area contributed by atoms with Crippen molar-refractivity contribution in [3.05, 3.63) is 70.8 Å². The Balaban J connectivity index is 1.82. The zero-order valence-electron chi connectivity index (χ0n) is 15.3. The molecule has 4 nitrogen and oxygen atoms in total. The third-order valence-corrected chi connectivity index (χ3v) is 3.96. The highest BCUT2D eigenvalue weighted by molar-refractivity contribution is 5.77. The van der Waals surface area contributed by atoms with Crippen LogP contribution in [0.1, 0.15) is 35.1 Å². The number of alkyl halides is 6. The quantitative estimate of drug-likeness (QED) is 0.439. The van der Waals surface area contributed by atoms with Gasteiger partial charge in [0.05, 0.1) is 24.0 Å². The maximum Gasteiger partial charge on any atom is 0.416 e. The summed E-state index contributed by atoms with van der Waals surface area (Å²) in [6, 6.07) is 9.11. The van der Waals surface area contributed by atoms with E-state index >= 15 is 0 Å². The number of hydrogen-bond donors (Lipinski definition) is 0. The molecular formula is C20H16F6O4. The van der Waals surface area contributed by atoms with E-state index in [0.29, 0.717) is 0 Å². The van der Waals surface area contributed by atoms with E-state index in [1.807, 2.05) is 0 Å². The van der Waals surface area contributed by atoms with Crippen molar-refractivity contribution < 1.29 is 45.4 Å². The highest BCUT2D eigenvalue weighted by Crippen LogP contribution is 2.33. The number of hydrogen-bond acceptors (Lipinski definition) is 4. The minimum atomic E-state index is -4.61. The molecule has 0 saturated carbocycles. The Labute approximate surface area is 167 Å². The first-order chi connectivity index (χ1) is 14.0. The van der Waals surface area contributed by atoms with Crippen molar-refractivity contribution in [3.8, 4) is 0 Å². The Kier molecular flexibility index (Phi) is 7.47. The molecule has 0 aliphatic heterocycles. The highest BCUT2D eigenvalue weighted by Gasteiger charge is 2.34. The van der Waals surface area contributed by atoms with Crippen LogP contribution in [-0.4, -0.2) is 11.9 Å². The van der Waals surface area contributed by atoms with Gasteiger partial charge in [-0.05, 0) is 12.1 Å². The van der Waals surface area contributed by atoms with Crippen LogP contribution in [0.15, 0.2) is 48.5 Å². The molecule has 0 N–H and O–H groups in total. The summed E-state index contributed by atoms with van der Waals surface area (Å²) in [5.74, 6) is -1.89. The van der Waals surface area contributed by atoms with Gasteiger partial charge < -0.3 is 9.47 Å². The summed E-state index contributed by atoms with van der Waals surface area (Å²) in [5, 5.41) is 0. The number of carbonyl (C=O) groups excluding carboxylic acids is 2. The Bertz CT molecular complexity index is 816. The minimum absolute atomic E-state index is 0.246. The van der Waals surface area contributed by atoms with Crippen molar-refractivity contribution in [1.82, 2.24) is 0 Å². The average Bonchev–Trinajstić information content (AvgIpc) is 2.68. The van der Waals surface area contributed by atoms with Crippen LogP contribution in [0.3, 0.4) is 0 Å². The molecule has 0 amide bonds. The Morgan fingerprint density at radius 2 is 0.967 bits per heavy atom. The number of benzene rings is 2. The van der Waals surface area contributed by atoms with E-state index in [-0.39, 0.29) is 11.1 Å². The van der Waals surface area contributed by atoms with Crippen molar-refractivity contribution in [2.24, 2.45) is 0 Å². The topological polar surface area (TPSA) is 52.6 Å². The Hall–Kier alpha value is -3.04. The van der Waals surface area contributed by atoms with Crippen molar-refractivity contribution in [1.29, 1.82) is 0 Å². The fourth-order valence-corrected chi connectivity index (χ4v) is 2.51. The van der Waals surface area contributed by atoms with E-state index in [4.69, 9.17) is 9.47 Å². The summed E-state index contributed by atoms with van der Waals surface area (Å²) in [5.41, 5.74) is -2.38. The van der Waals surface area contributed by atoms with Gasteiger partial charge in [-0.15, -0.1) is 0 Å². The van der Waals surface area contributed by atoms with Gasteiger partial charge in [-0.2, -0.15) is 26.3 Å². The standard InChI is InChI=1S/C20H16F6O4/c21-19(22,23)15-7-3-1-5-13(15)11-29-17(27)9-10-18(28)30-12-14-6-2-4-8-16(14)20(24,25)26/h1-8H,9-12H2. The SMILES string of the molecule is O=C(CCC(=O)OCc1ccccc1C(F)(F)F)OCc1ccccc1C(F)(F)F. The van der Waals surface area contributed by atoms with Gasteiger partial charge in [0.2, 0.25) is 0 Å². The molecular weight excluding hydrogens is 418 g/mol. The van der Waals surface area contributed by atoms with E-state index in [0.717, 1.165) is 24.3 Å². The number of esters is 2. The third-order valence-electron chi connectivity index (χ3n) is 3.96. The Morgan fingerprint density at radius 3 is 1.30 bits per heavy atom. The maximum absolute atomic E-state index is 12.9. The number of carbonyl (C=O) groups is 2. The van der Waals surface area contributed by atoms with Crippen LogP contribution in [0, 0.1) is 0 Å². The lowest BCUT2D eigenvalue weighted by Crippen LogP contribution is -2.14. The molecule has 0 heterocycles. The van der Waals surface area contributed by atoms with E-state index < -0.39 is 61.5 Å². The molecule has 0 saturated heterocycles. The van der Waals surface area contributed by atoms with E-state index in [1.165, 1.54) is 24.3 Å². The van der Waals surface area contributed by atoms with Crippen LogP contribution in [0.2, 0.25) is 0 Å². The van der Waals surface area contributed by atoms with Crippen LogP contribution in [0.25, 0.3) is 0 Å². The van der Waals surface area contributed by atoms with Crippen LogP contribution in [0.4, 0.5) is 26.3 Å². The zero-order chi connectivity index (χ0) is 22.4. The fraction of sp³-hybridized carbons (Fsp3) is 0.300. The molecule has 0 aromatic heterocycles. The van der Waals surface area contributed by atoms with Crippen LogP contribution in [0.5, 0.6) is 0 Å². The molecule has 2 rings (SSSR count). The van der Waals surface area contributed by atoms with Gasteiger partial charge >= 0.3 is 24.3 Å². The first-order valence-corrected chi connectivity index (χ1v) is 8.60. The van der Waals surface area contributed by atoms with Gasteiger partial charge in [-0.3, -0.25) is 9.59 Å². The normalized spacial score (nSPS) is 11.8. The van der Waals surface area contributed by atoms with Crippen molar-refractivity contribution in [2.75, 3.05) is 0 Å². The minimum Gasteiger partial charge on any atom is -0.461 e. The maximum atomic E-state index is 12.9. The molecule has 10 heteroatoms. The molecule has 0 aliphatic carbocycles. The summed E-state index contributed by atoms with van der Waals surface area (Å²) < 4.78 is 86.8. The lowest BCUT2D eigenvalue weighted by molar-refractivity contribution is -0.153. The van der Waals surface area contributed by atoms with E-state index in [2.05, 4.69) is 0 Å².